The molecule has 550 valence electrons. The quantitative estimate of drug-likeness (QED) is 0.0559. The van der Waals surface area contributed by atoms with E-state index < -0.39 is 0 Å². The normalized spacial score (nSPS) is 44.1. The van der Waals surface area contributed by atoms with Gasteiger partial charge in [-0.15, -0.1) is 0 Å². The number of hydrogen-bond acceptors (Lipinski definition) is 11. The Labute approximate surface area is 595 Å². The molecule has 9 N–H and O–H groups in total. The lowest BCUT2D eigenvalue weighted by Gasteiger charge is -2.73. The van der Waals surface area contributed by atoms with Crippen LogP contribution in [0.25, 0.3) is 0 Å². The van der Waals surface area contributed by atoms with E-state index in [1.165, 1.54) is 176 Å². The van der Waals surface area contributed by atoms with Crippen molar-refractivity contribution in [3.63, 3.8) is 0 Å². The standard InChI is InChI=1S/2C43H68N2O3.CH4O/c2*1-29(27-45-25-19-30-10-12-31(46)13-11-30)32-16-22-43(28-48-37-9-7-8-26-47-37)24-23-41(5)33(38(32)43)14-15-35-40(4)20-18-36(44)39(2,3)34(40)17-21-42(35,41)6;1-2/h2*10-13,32-38,45-46H,1,7-9,14-28,44H2,2-6H3;2H,1H3/t2*32-,33+,34-,35+,36?,37?,38+,40-,41+,42+,43+;/m00./s1. The van der Waals surface area contributed by atoms with Gasteiger partial charge in [-0.1, -0.05) is 118 Å². The molecule has 10 aliphatic carbocycles. The van der Waals surface area contributed by atoms with Gasteiger partial charge in [-0.2, -0.15) is 0 Å². The van der Waals surface area contributed by atoms with E-state index in [-0.39, 0.29) is 34.2 Å². The maximum absolute atomic E-state index is 9.68. The predicted octanol–water partition coefficient (Wildman–Crippen LogP) is 17.7. The fourth-order valence-corrected chi connectivity index (χ4v) is 27.7. The zero-order valence-corrected chi connectivity index (χ0v) is 63.7. The summed E-state index contributed by atoms with van der Waals surface area (Å²) in [6.45, 7) is 43.1. The highest BCUT2D eigenvalue weighted by atomic mass is 16.7. The Balaban J connectivity index is 0.000000182. The molecule has 12 aliphatic rings. The van der Waals surface area contributed by atoms with E-state index in [4.69, 9.17) is 48.7 Å². The number of benzene rings is 2. The molecule has 2 aromatic carbocycles. The molecule has 14 rings (SSSR count). The molecular formula is C87H140N4O7. The second-order valence-electron chi connectivity index (χ2n) is 38.1. The average Bonchev–Trinajstić information content (AvgIpc) is 1.01. The summed E-state index contributed by atoms with van der Waals surface area (Å²) in [6.07, 6.45) is 34.8. The van der Waals surface area contributed by atoms with Crippen molar-refractivity contribution in [2.75, 3.05) is 59.7 Å². The van der Waals surface area contributed by atoms with E-state index in [2.05, 4.69) is 79.9 Å². The van der Waals surface area contributed by atoms with Crippen LogP contribution in [0.2, 0.25) is 0 Å². The smallest absolute Gasteiger partial charge is 0.157 e. The molecule has 0 spiro atoms. The number of phenolic OH excluding ortho intramolecular Hbond substituents is 2. The van der Waals surface area contributed by atoms with Crippen LogP contribution in [0.5, 0.6) is 11.5 Å². The Hall–Kier alpha value is -2.84. The average molecular weight is 1350 g/mol. The van der Waals surface area contributed by atoms with Crippen molar-refractivity contribution in [1.82, 2.24) is 10.6 Å². The van der Waals surface area contributed by atoms with E-state index in [1.54, 1.807) is 24.3 Å². The van der Waals surface area contributed by atoms with Gasteiger partial charge in [-0.25, -0.2) is 0 Å². The molecule has 0 bridgehead atoms. The number of phenols is 2. The van der Waals surface area contributed by atoms with Gasteiger partial charge in [0.15, 0.2) is 12.6 Å². The maximum atomic E-state index is 9.68. The minimum Gasteiger partial charge on any atom is -0.508 e. The molecule has 2 aliphatic heterocycles. The Morgan fingerprint density at radius 3 is 1.20 bits per heavy atom. The molecule has 12 fully saturated rings. The van der Waals surface area contributed by atoms with Gasteiger partial charge in [0.1, 0.15) is 11.5 Å². The molecule has 2 saturated heterocycles. The molecule has 2 aromatic rings. The minimum atomic E-state index is -0.0181. The van der Waals surface area contributed by atoms with E-state index in [9.17, 15) is 10.2 Å². The maximum Gasteiger partial charge on any atom is 0.157 e. The van der Waals surface area contributed by atoms with Gasteiger partial charge >= 0.3 is 0 Å². The van der Waals surface area contributed by atoms with Crippen LogP contribution in [-0.4, -0.2) is 99.7 Å². The molecule has 0 radical (unpaired) electrons. The highest BCUT2D eigenvalue weighted by molar-refractivity contribution is 5.29. The summed E-state index contributed by atoms with van der Waals surface area (Å²) < 4.78 is 25.8. The van der Waals surface area contributed by atoms with Crippen molar-refractivity contribution in [3.05, 3.63) is 84.0 Å². The zero-order chi connectivity index (χ0) is 69.9. The third kappa shape index (κ3) is 13.2. The second kappa shape index (κ2) is 29.2. The van der Waals surface area contributed by atoms with Crippen LogP contribution >= 0.6 is 0 Å². The Kier molecular flexibility index (Phi) is 22.3. The number of nitrogens with two attached hydrogens (primary N) is 2. The monoisotopic (exact) mass is 1350 g/mol. The van der Waals surface area contributed by atoms with Crippen molar-refractivity contribution in [1.29, 1.82) is 0 Å². The van der Waals surface area contributed by atoms with Gasteiger partial charge in [-0.3, -0.25) is 0 Å². The summed E-state index contributed by atoms with van der Waals surface area (Å²) in [5, 5.41) is 33.9. The molecule has 0 amide bonds. The van der Waals surface area contributed by atoms with Crippen LogP contribution in [0.1, 0.15) is 247 Å². The van der Waals surface area contributed by atoms with Crippen molar-refractivity contribution < 1.29 is 34.3 Å². The lowest BCUT2D eigenvalue weighted by atomic mass is 9.32. The first-order chi connectivity index (χ1) is 46.7. The van der Waals surface area contributed by atoms with Crippen molar-refractivity contribution >= 4 is 0 Å². The third-order valence-electron chi connectivity index (χ3n) is 33.6. The third-order valence-corrected chi connectivity index (χ3v) is 33.6. The highest BCUT2D eigenvalue weighted by Gasteiger charge is 2.73. The van der Waals surface area contributed by atoms with E-state index >= 15 is 0 Å². The van der Waals surface area contributed by atoms with Gasteiger partial charge in [0, 0.05) is 45.5 Å². The lowest BCUT2D eigenvalue weighted by molar-refractivity contribution is -0.249. The van der Waals surface area contributed by atoms with Crippen molar-refractivity contribution in [3.8, 4) is 11.5 Å². The highest BCUT2D eigenvalue weighted by Crippen LogP contribution is 2.80. The predicted molar refractivity (Wildman–Crippen MR) is 399 cm³/mol. The molecule has 98 heavy (non-hydrogen) atoms. The van der Waals surface area contributed by atoms with E-state index in [1.807, 2.05) is 24.3 Å². The van der Waals surface area contributed by atoms with Gasteiger partial charge in [0.25, 0.3) is 0 Å². The summed E-state index contributed by atoms with van der Waals surface area (Å²) >= 11 is 0. The molecule has 11 heteroatoms. The van der Waals surface area contributed by atoms with Crippen LogP contribution in [0.4, 0.5) is 0 Å². The first kappa shape index (κ1) is 74.9. The lowest BCUT2D eigenvalue weighted by Crippen LogP contribution is -2.67. The van der Waals surface area contributed by atoms with Gasteiger partial charge < -0.3 is 56.4 Å². The van der Waals surface area contributed by atoms with E-state index in [0.29, 0.717) is 91.6 Å². The van der Waals surface area contributed by atoms with Crippen LogP contribution in [0.3, 0.4) is 0 Å². The molecule has 22 atom stereocenters. The minimum absolute atomic E-state index is 0.0181. The largest absolute Gasteiger partial charge is 0.508 e. The number of fused-ring (bicyclic) bond motifs is 14. The summed E-state index contributed by atoms with van der Waals surface area (Å²) in [5.41, 5.74) is 22.1. The van der Waals surface area contributed by atoms with Crippen LogP contribution in [-0.2, 0) is 31.8 Å². The van der Waals surface area contributed by atoms with Crippen molar-refractivity contribution in [2.45, 2.75) is 274 Å². The summed E-state index contributed by atoms with van der Waals surface area (Å²) in [6, 6.07) is 15.9. The fourth-order valence-electron chi connectivity index (χ4n) is 27.7. The number of aliphatic hydroxyl groups excluding tert-OH is 1. The van der Waals surface area contributed by atoms with Crippen LogP contribution in [0.15, 0.2) is 72.8 Å². The Morgan fingerprint density at radius 1 is 0.449 bits per heavy atom. The summed E-state index contributed by atoms with van der Waals surface area (Å²) in [4.78, 5) is 0. The number of aliphatic hydroxyl groups is 1. The van der Waals surface area contributed by atoms with Gasteiger partial charge in [0.05, 0.1) is 13.2 Å². The first-order valence-electron chi connectivity index (χ1n) is 40.4. The fraction of sp³-hybridized carbons (Fsp3) is 0.816. The molecule has 11 nitrogen and oxygen atoms in total. The molecule has 4 unspecified atom stereocenters. The number of hydrogen-bond donors (Lipinski definition) is 7. The molecule has 2 heterocycles. The number of ether oxygens (including phenoxy) is 4. The number of aromatic hydroxyl groups is 2. The van der Waals surface area contributed by atoms with Crippen LogP contribution in [0, 0.1) is 113 Å². The van der Waals surface area contributed by atoms with E-state index in [0.717, 1.165) is 109 Å². The van der Waals surface area contributed by atoms with Crippen molar-refractivity contribution in [2.24, 2.45) is 125 Å². The van der Waals surface area contributed by atoms with Gasteiger partial charge in [0.2, 0.25) is 0 Å². The second-order valence-corrected chi connectivity index (χ2v) is 38.1. The number of rotatable bonds is 18. The Bertz CT molecular complexity index is 2810. The molecular weight excluding hydrogens is 1210 g/mol. The van der Waals surface area contributed by atoms with Crippen LogP contribution < -0.4 is 22.1 Å². The summed E-state index contributed by atoms with van der Waals surface area (Å²) in [7, 11) is 1.00. The number of nitrogens with one attached hydrogen (secondary N) is 2. The summed E-state index contributed by atoms with van der Waals surface area (Å²) in [5.74, 6) is 7.46. The topological polar surface area (TPSA) is 174 Å². The SMILES string of the molecule is C=C(CNCCc1ccc(O)cc1)[C@@H]1CC[C@]2(COC3CCCCO3)CC[C@]3(C)[C@H](CC[C@@H]4[C@@]5(C)CCC(N)C(C)(C)[C@@H]5CC[C@]43C)[C@@H]12.C=C(CNCCc1ccc(O)cc1)[C@@H]1CC[C@]2(COC3CCCCO3)CC[C@]3(C)[C@H](CC[C@@H]4[C@@]5(C)CCC(N)C(C)(C)[C@@H]5CC[C@]43C)[C@@H]12.CO. The van der Waals surface area contributed by atoms with Gasteiger partial charge in [-0.05, 0) is 342 Å². The first-order valence-corrected chi connectivity index (χ1v) is 40.4. The Morgan fingerprint density at radius 2 is 0.837 bits per heavy atom. The zero-order valence-electron chi connectivity index (χ0n) is 63.7. The molecule has 0 aromatic heterocycles. The molecule has 10 saturated carbocycles.